The Bertz CT molecular complexity index is 500. The molecule has 0 fully saturated rings. The molecule has 0 aliphatic rings. The van der Waals surface area contributed by atoms with Crippen molar-refractivity contribution in [3.63, 3.8) is 0 Å². The number of rotatable bonds is 4. The largest absolute Gasteiger partial charge is 0.387 e. The van der Waals surface area contributed by atoms with Crippen molar-refractivity contribution in [3.05, 3.63) is 35.2 Å². The molecule has 2 rings (SSSR count). The predicted molar refractivity (Wildman–Crippen MR) is 75.1 cm³/mol. The summed E-state index contributed by atoms with van der Waals surface area (Å²) >= 11 is 13.3. The van der Waals surface area contributed by atoms with Crippen LogP contribution in [0.25, 0.3) is 10.1 Å². The molecule has 0 aliphatic heterocycles. The second kappa shape index (κ2) is 5.55. The van der Waals surface area contributed by atoms with Gasteiger partial charge in [0.15, 0.2) is 0 Å². The summed E-state index contributed by atoms with van der Waals surface area (Å²) in [5, 5.41) is 16.4. The molecule has 0 spiro atoms. The van der Waals surface area contributed by atoms with Gasteiger partial charge in [0.05, 0.1) is 12.1 Å². The zero-order chi connectivity index (χ0) is 12.4. The molecule has 1 aromatic heterocycles. The number of likely N-dealkylation sites (N-methyl/N-ethyl adjacent to an activating group) is 1. The average Bonchev–Trinajstić information content (AvgIpc) is 2.75. The zero-order valence-corrected chi connectivity index (χ0v) is 11.6. The minimum Gasteiger partial charge on any atom is -0.387 e. The molecular formula is C12H13Cl2NOS. The van der Waals surface area contributed by atoms with Crippen LogP contribution in [0, 0.1) is 0 Å². The number of alkyl halides is 2. The van der Waals surface area contributed by atoms with Crippen molar-refractivity contribution in [2.45, 2.75) is 17.0 Å². The van der Waals surface area contributed by atoms with Crippen LogP contribution in [0.2, 0.25) is 0 Å². The fourth-order valence-electron chi connectivity index (χ4n) is 1.78. The number of nitrogens with one attached hydrogen (secondary N) is 1. The van der Waals surface area contributed by atoms with Gasteiger partial charge in [-0.2, -0.15) is 0 Å². The Hall–Kier alpha value is -0.320. The summed E-state index contributed by atoms with van der Waals surface area (Å²) in [6.45, 7) is 0. The van der Waals surface area contributed by atoms with E-state index in [1.165, 1.54) is 5.39 Å². The van der Waals surface area contributed by atoms with E-state index in [1.807, 2.05) is 23.6 Å². The van der Waals surface area contributed by atoms with Crippen molar-refractivity contribution in [3.8, 4) is 0 Å². The predicted octanol–water partition coefficient (Wildman–Crippen LogP) is 3.33. The molecule has 2 atom stereocenters. The quantitative estimate of drug-likeness (QED) is 0.847. The lowest BCUT2D eigenvalue weighted by Crippen LogP contribution is -2.37. The van der Waals surface area contributed by atoms with Gasteiger partial charge in [-0.05, 0) is 35.5 Å². The normalized spacial score (nSPS) is 15.4. The number of benzene rings is 1. The molecule has 0 saturated heterocycles. The second-order valence-corrected chi connectivity index (χ2v) is 5.92. The fourth-order valence-corrected chi connectivity index (χ4v) is 3.15. The lowest BCUT2D eigenvalue weighted by molar-refractivity contribution is 0.138. The molecule has 92 valence electrons. The van der Waals surface area contributed by atoms with Crippen molar-refractivity contribution >= 4 is 44.6 Å². The van der Waals surface area contributed by atoms with E-state index in [0.717, 1.165) is 10.3 Å². The van der Waals surface area contributed by atoms with Gasteiger partial charge >= 0.3 is 0 Å². The van der Waals surface area contributed by atoms with Crippen LogP contribution in [0.15, 0.2) is 29.6 Å². The third-order valence-electron chi connectivity index (χ3n) is 2.77. The minimum atomic E-state index is -0.716. The molecular weight excluding hydrogens is 277 g/mol. The Balaban J connectivity index is 2.31. The molecule has 0 radical (unpaired) electrons. The number of thiophene rings is 1. The van der Waals surface area contributed by atoms with Crippen LogP contribution in [0.4, 0.5) is 0 Å². The third kappa shape index (κ3) is 2.75. The molecule has 2 N–H and O–H groups in total. The Kier molecular flexibility index (Phi) is 4.28. The lowest BCUT2D eigenvalue weighted by atomic mass is 10.0. The van der Waals surface area contributed by atoms with Gasteiger partial charge in [0.2, 0.25) is 0 Å². The smallest absolute Gasteiger partial charge is 0.125 e. The van der Waals surface area contributed by atoms with Crippen molar-refractivity contribution in [1.29, 1.82) is 0 Å². The van der Waals surface area contributed by atoms with Crippen LogP contribution in [-0.4, -0.2) is 23.0 Å². The standard InChI is InChI=1S/C12H13Cl2NOS/c1-15-10(12(13)14)11(16)8-3-2-7-4-5-17-9(7)6-8/h2-6,10-12,15-16H,1H3. The van der Waals surface area contributed by atoms with Gasteiger partial charge < -0.3 is 10.4 Å². The maximum absolute atomic E-state index is 10.2. The van der Waals surface area contributed by atoms with Gasteiger partial charge in [-0.1, -0.05) is 12.1 Å². The Morgan fingerprint density at radius 2 is 2.06 bits per heavy atom. The molecule has 1 heterocycles. The second-order valence-electron chi connectivity index (χ2n) is 3.81. The number of aliphatic hydroxyl groups is 1. The summed E-state index contributed by atoms with van der Waals surface area (Å²) in [4.78, 5) is -0.658. The Labute approximate surface area is 114 Å². The number of fused-ring (bicyclic) bond motifs is 1. The highest BCUT2D eigenvalue weighted by molar-refractivity contribution is 7.17. The van der Waals surface area contributed by atoms with E-state index in [-0.39, 0.29) is 6.04 Å². The number of hydrogen-bond donors (Lipinski definition) is 2. The first-order chi connectivity index (χ1) is 8.13. The topological polar surface area (TPSA) is 32.3 Å². The number of hydrogen-bond acceptors (Lipinski definition) is 3. The van der Waals surface area contributed by atoms with Crippen molar-refractivity contribution in [2.24, 2.45) is 0 Å². The SMILES string of the molecule is CNC(C(Cl)Cl)C(O)c1ccc2ccsc2c1. The van der Waals surface area contributed by atoms with Crippen LogP contribution in [0.3, 0.4) is 0 Å². The van der Waals surface area contributed by atoms with E-state index in [9.17, 15) is 5.11 Å². The molecule has 2 nitrogen and oxygen atoms in total. The fraction of sp³-hybridized carbons (Fsp3) is 0.333. The average molecular weight is 290 g/mol. The lowest BCUT2D eigenvalue weighted by Gasteiger charge is -2.23. The van der Waals surface area contributed by atoms with E-state index < -0.39 is 10.9 Å². The summed E-state index contributed by atoms with van der Waals surface area (Å²) in [7, 11) is 1.73. The van der Waals surface area contributed by atoms with Gasteiger partial charge in [-0.25, -0.2) is 0 Å². The van der Waals surface area contributed by atoms with Gasteiger partial charge in [-0.15, -0.1) is 34.5 Å². The van der Waals surface area contributed by atoms with E-state index in [2.05, 4.69) is 11.4 Å². The molecule has 2 aromatic rings. The van der Waals surface area contributed by atoms with Crippen LogP contribution in [-0.2, 0) is 0 Å². The summed E-state index contributed by atoms with van der Waals surface area (Å²) < 4.78 is 1.15. The number of aliphatic hydroxyl groups excluding tert-OH is 1. The first kappa shape index (κ1) is 13.1. The molecule has 0 bridgehead atoms. The van der Waals surface area contributed by atoms with E-state index >= 15 is 0 Å². The molecule has 0 amide bonds. The monoisotopic (exact) mass is 289 g/mol. The van der Waals surface area contributed by atoms with Crippen molar-refractivity contribution in [1.82, 2.24) is 5.32 Å². The van der Waals surface area contributed by atoms with Gasteiger partial charge in [0.1, 0.15) is 4.84 Å². The van der Waals surface area contributed by atoms with Crippen molar-refractivity contribution in [2.75, 3.05) is 7.05 Å². The van der Waals surface area contributed by atoms with Crippen LogP contribution in [0.5, 0.6) is 0 Å². The summed E-state index contributed by atoms with van der Waals surface area (Å²) in [6.07, 6.45) is -0.716. The van der Waals surface area contributed by atoms with E-state index in [0.29, 0.717) is 0 Å². The molecule has 2 unspecified atom stereocenters. The van der Waals surface area contributed by atoms with Gasteiger partial charge in [-0.3, -0.25) is 0 Å². The summed E-state index contributed by atoms with van der Waals surface area (Å²) in [5.74, 6) is 0. The maximum atomic E-state index is 10.2. The summed E-state index contributed by atoms with van der Waals surface area (Å²) in [5.41, 5.74) is 0.825. The van der Waals surface area contributed by atoms with E-state index in [4.69, 9.17) is 23.2 Å². The molecule has 5 heteroatoms. The highest BCUT2D eigenvalue weighted by atomic mass is 35.5. The molecule has 17 heavy (non-hydrogen) atoms. The van der Waals surface area contributed by atoms with Crippen LogP contribution in [0.1, 0.15) is 11.7 Å². The highest BCUT2D eigenvalue weighted by Crippen LogP contribution is 2.28. The van der Waals surface area contributed by atoms with Crippen LogP contribution < -0.4 is 5.32 Å². The third-order valence-corrected chi connectivity index (χ3v) is 4.19. The van der Waals surface area contributed by atoms with Gasteiger partial charge in [0, 0.05) is 4.70 Å². The maximum Gasteiger partial charge on any atom is 0.125 e. The van der Waals surface area contributed by atoms with Crippen LogP contribution >= 0.6 is 34.5 Å². The zero-order valence-electron chi connectivity index (χ0n) is 9.23. The number of halogens is 2. The first-order valence-corrected chi connectivity index (χ1v) is 6.99. The molecule has 0 saturated carbocycles. The first-order valence-electron chi connectivity index (χ1n) is 5.24. The molecule has 1 aromatic carbocycles. The molecule has 0 aliphatic carbocycles. The highest BCUT2D eigenvalue weighted by Gasteiger charge is 2.25. The Morgan fingerprint density at radius 3 is 2.71 bits per heavy atom. The van der Waals surface area contributed by atoms with Gasteiger partial charge in [0.25, 0.3) is 0 Å². The van der Waals surface area contributed by atoms with Crippen molar-refractivity contribution < 1.29 is 5.11 Å². The minimum absolute atomic E-state index is 0.379. The Morgan fingerprint density at radius 1 is 1.29 bits per heavy atom. The summed E-state index contributed by atoms with van der Waals surface area (Å²) in [6, 6.07) is 7.55. The van der Waals surface area contributed by atoms with E-state index in [1.54, 1.807) is 18.4 Å².